The summed E-state index contributed by atoms with van der Waals surface area (Å²) < 4.78 is 36.9. The Morgan fingerprint density at radius 1 is 1.19 bits per heavy atom. The molecule has 0 aliphatic rings. The van der Waals surface area contributed by atoms with Crippen LogP contribution in [0.5, 0.6) is 0 Å². The van der Waals surface area contributed by atoms with Crippen molar-refractivity contribution in [2.45, 2.75) is 32.9 Å². The molecule has 0 aliphatic heterocycles. The van der Waals surface area contributed by atoms with E-state index in [0.29, 0.717) is 28.5 Å². The van der Waals surface area contributed by atoms with E-state index in [2.05, 4.69) is 6.58 Å². The number of carboxylic acid groups (broad SMARTS) is 1. The third-order valence-corrected chi connectivity index (χ3v) is 4.20. The standard InChI is InChI=1S/C12H25NO4S.C5H11NO2/c1-6-12(17-10-11(2)3)13(4,5)8-7-9-18(14,15)16;1-6(2,3)4-5(7)8/h12H,2,6-10H2,1,3-5H3;4H2,1-3H3/p+2. The fourth-order valence-corrected chi connectivity index (χ4v) is 2.75. The zero-order valence-electron chi connectivity index (χ0n) is 17.4. The van der Waals surface area contributed by atoms with Crippen molar-refractivity contribution in [1.29, 1.82) is 0 Å². The van der Waals surface area contributed by atoms with E-state index in [1.54, 1.807) is 0 Å². The molecular weight excluding hydrogens is 360 g/mol. The summed E-state index contributed by atoms with van der Waals surface area (Å²) in [6.45, 7) is 9.06. The summed E-state index contributed by atoms with van der Waals surface area (Å²) in [6, 6.07) is 0. The molecule has 0 aliphatic carbocycles. The van der Waals surface area contributed by atoms with Crippen molar-refractivity contribution in [3.8, 4) is 0 Å². The number of likely N-dealkylation sites (N-methyl/N-ethyl adjacent to an activating group) is 1. The SMILES string of the molecule is C=C(C)COC(CC)[N+](C)(C)CCCS(=O)(=O)O.C[N+](C)(C)CC(=O)O. The maximum Gasteiger partial charge on any atom is 0.359 e. The third kappa shape index (κ3) is 17.8. The van der Waals surface area contributed by atoms with Gasteiger partial charge in [-0.15, -0.1) is 0 Å². The van der Waals surface area contributed by atoms with E-state index < -0.39 is 16.1 Å². The zero-order valence-corrected chi connectivity index (χ0v) is 18.2. The Labute approximate surface area is 159 Å². The summed E-state index contributed by atoms with van der Waals surface area (Å²) in [6.07, 6.45) is 1.26. The van der Waals surface area contributed by atoms with Gasteiger partial charge in [-0.05, 0) is 6.92 Å². The Hall–Kier alpha value is -1.00. The topological polar surface area (TPSA) is 101 Å². The first-order chi connectivity index (χ1) is 11.5. The highest BCUT2D eigenvalue weighted by Gasteiger charge is 2.27. The van der Waals surface area contributed by atoms with Gasteiger partial charge >= 0.3 is 5.97 Å². The summed E-state index contributed by atoms with van der Waals surface area (Å²) in [4.78, 5) is 10.00. The predicted octanol–water partition coefficient (Wildman–Crippen LogP) is 1.45. The van der Waals surface area contributed by atoms with Gasteiger partial charge < -0.3 is 18.8 Å². The normalized spacial score (nSPS) is 13.5. The van der Waals surface area contributed by atoms with Gasteiger partial charge in [0.1, 0.15) is 0 Å². The largest absolute Gasteiger partial charge is 0.477 e. The minimum Gasteiger partial charge on any atom is -0.477 e. The highest BCUT2D eigenvalue weighted by atomic mass is 32.2. The van der Waals surface area contributed by atoms with Crippen LogP contribution in [0.3, 0.4) is 0 Å². The lowest BCUT2D eigenvalue weighted by Gasteiger charge is -2.37. The predicted molar refractivity (Wildman–Crippen MR) is 103 cm³/mol. The summed E-state index contributed by atoms with van der Waals surface area (Å²) >= 11 is 0. The molecule has 0 saturated carbocycles. The highest BCUT2D eigenvalue weighted by molar-refractivity contribution is 7.85. The van der Waals surface area contributed by atoms with E-state index >= 15 is 0 Å². The Morgan fingerprint density at radius 3 is 1.96 bits per heavy atom. The molecule has 0 saturated heterocycles. The first kappa shape index (κ1) is 27.2. The van der Waals surface area contributed by atoms with Gasteiger partial charge in [-0.25, -0.2) is 4.79 Å². The number of carboxylic acids is 1. The van der Waals surface area contributed by atoms with E-state index in [1.807, 2.05) is 49.1 Å². The van der Waals surface area contributed by atoms with Crippen molar-refractivity contribution in [1.82, 2.24) is 0 Å². The van der Waals surface area contributed by atoms with Crippen LogP contribution in [-0.4, -0.2) is 99.9 Å². The Morgan fingerprint density at radius 2 is 1.69 bits per heavy atom. The lowest BCUT2D eigenvalue weighted by molar-refractivity contribution is -0.937. The van der Waals surface area contributed by atoms with E-state index in [9.17, 15) is 13.2 Å². The number of quaternary nitrogens is 2. The van der Waals surface area contributed by atoms with Crippen molar-refractivity contribution >= 4 is 16.1 Å². The molecule has 0 aromatic carbocycles. The van der Waals surface area contributed by atoms with Crippen LogP contribution < -0.4 is 0 Å². The van der Waals surface area contributed by atoms with Crippen LogP contribution in [0.4, 0.5) is 0 Å². The molecule has 0 heterocycles. The molecule has 0 radical (unpaired) electrons. The van der Waals surface area contributed by atoms with Crippen molar-refractivity contribution < 1.29 is 36.6 Å². The van der Waals surface area contributed by atoms with Crippen molar-refractivity contribution in [2.24, 2.45) is 0 Å². The average molecular weight is 399 g/mol. The number of carbonyl (C=O) groups is 1. The van der Waals surface area contributed by atoms with E-state index in [-0.39, 0.29) is 18.5 Å². The second kappa shape index (κ2) is 11.7. The molecule has 1 atom stereocenters. The lowest BCUT2D eigenvalue weighted by atomic mass is 10.3. The number of nitrogens with zero attached hydrogens (tertiary/aromatic N) is 2. The Kier molecular flexibility index (Phi) is 12.2. The smallest absolute Gasteiger partial charge is 0.359 e. The maximum absolute atomic E-state index is 10.7. The van der Waals surface area contributed by atoms with Crippen molar-refractivity contribution in [2.75, 3.05) is 60.7 Å². The minimum atomic E-state index is -3.87. The molecule has 8 nitrogen and oxygen atoms in total. The fourth-order valence-electron chi connectivity index (χ4n) is 2.26. The Balaban J connectivity index is 0. The average Bonchev–Trinajstić information content (AvgIpc) is 2.34. The number of ether oxygens (including phenoxy) is 1. The van der Waals surface area contributed by atoms with Gasteiger partial charge in [0.15, 0.2) is 12.8 Å². The first-order valence-corrected chi connectivity index (χ1v) is 10.2. The molecule has 0 fully saturated rings. The van der Waals surface area contributed by atoms with Gasteiger partial charge in [0, 0.05) is 12.8 Å². The van der Waals surface area contributed by atoms with Gasteiger partial charge in [-0.1, -0.05) is 19.1 Å². The van der Waals surface area contributed by atoms with E-state index in [1.165, 1.54) is 0 Å². The molecule has 0 amide bonds. The molecule has 0 spiro atoms. The summed E-state index contributed by atoms with van der Waals surface area (Å²) in [7, 11) is 5.65. The first-order valence-electron chi connectivity index (χ1n) is 8.56. The van der Waals surface area contributed by atoms with Crippen LogP contribution in [0, 0.1) is 0 Å². The van der Waals surface area contributed by atoms with Crippen LogP contribution in [0.15, 0.2) is 12.2 Å². The van der Waals surface area contributed by atoms with Crippen molar-refractivity contribution in [3.05, 3.63) is 12.2 Å². The van der Waals surface area contributed by atoms with Gasteiger partial charge in [0.25, 0.3) is 10.1 Å². The third-order valence-electron chi connectivity index (χ3n) is 3.40. The van der Waals surface area contributed by atoms with Crippen LogP contribution in [0.2, 0.25) is 0 Å². The summed E-state index contributed by atoms with van der Waals surface area (Å²) in [5, 5.41) is 8.23. The van der Waals surface area contributed by atoms with Gasteiger partial charge in [0.2, 0.25) is 0 Å². The molecule has 26 heavy (non-hydrogen) atoms. The molecular formula is C17H38N2O6S+2. The molecule has 0 aromatic rings. The molecule has 9 heteroatoms. The molecule has 0 aromatic heterocycles. The van der Waals surface area contributed by atoms with Crippen LogP contribution in [-0.2, 0) is 19.6 Å². The lowest BCUT2D eigenvalue weighted by Crippen LogP contribution is -2.51. The number of hydrogen-bond acceptors (Lipinski definition) is 4. The molecule has 2 N–H and O–H groups in total. The minimum absolute atomic E-state index is 0.00287. The van der Waals surface area contributed by atoms with Gasteiger partial charge in [-0.3, -0.25) is 4.55 Å². The maximum atomic E-state index is 10.7. The zero-order chi connectivity index (χ0) is 21.2. The van der Waals surface area contributed by atoms with Gasteiger partial charge in [-0.2, -0.15) is 8.42 Å². The van der Waals surface area contributed by atoms with E-state index in [0.717, 1.165) is 12.0 Å². The molecule has 156 valence electrons. The van der Waals surface area contributed by atoms with E-state index in [4.69, 9.17) is 14.4 Å². The number of rotatable bonds is 11. The monoisotopic (exact) mass is 398 g/mol. The molecule has 1 unspecified atom stereocenters. The summed E-state index contributed by atoms with van der Waals surface area (Å²) in [5.41, 5.74) is 0.964. The highest BCUT2D eigenvalue weighted by Crippen LogP contribution is 2.14. The summed E-state index contributed by atoms with van der Waals surface area (Å²) in [5.74, 6) is -0.955. The Bertz CT molecular complexity index is 538. The van der Waals surface area contributed by atoms with Crippen molar-refractivity contribution in [3.63, 3.8) is 0 Å². The van der Waals surface area contributed by atoms with Crippen LogP contribution >= 0.6 is 0 Å². The molecule has 0 rings (SSSR count). The molecule has 0 bridgehead atoms. The van der Waals surface area contributed by atoms with Crippen LogP contribution in [0.1, 0.15) is 26.7 Å². The fraction of sp³-hybridized carbons (Fsp3) is 0.824. The quantitative estimate of drug-likeness (QED) is 0.236. The second-order valence-electron chi connectivity index (χ2n) is 8.12. The van der Waals surface area contributed by atoms with Crippen LogP contribution in [0.25, 0.3) is 0 Å². The second-order valence-corrected chi connectivity index (χ2v) is 9.69. The van der Waals surface area contributed by atoms with Gasteiger partial charge in [0.05, 0.1) is 54.1 Å². The number of hydrogen-bond donors (Lipinski definition) is 2. The number of aliphatic carboxylic acids is 1.